The molecule has 1 aromatic heterocycles. The lowest BCUT2D eigenvalue weighted by Crippen LogP contribution is -2.01. The van der Waals surface area contributed by atoms with E-state index in [0.717, 1.165) is 12.4 Å². The molecule has 0 saturated carbocycles. The first-order valence-electron chi connectivity index (χ1n) is 5.19. The fourth-order valence-corrected chi connectivity index (χ4v) is 1.71. The Balaban J connectivity index is 2.48. The van der Waals surface area contributed by atoms with Crippen LogP contribution in [0.3, 0.4) is 0 Å². The number of halogens is 2. The summed E-state index contributed by atoms with van der Waals surface area (Å²) < 4.78 is 23.6. The molecule has 7 nitrogen and oxygen atoms in total. The second-order valence-electron chi connectivity index (χ2n) is 3.47. The number of nitrogens with zero attached hydrogens (tertiary/aromatic N) is 3. The van der Waals surface area contributed by atoms with Crippen LogP contribution in [0.25, 0.3) is 0 Å². The van der Waals surface area contributed by atoms with Crippen molar-refractivity contribution in [1.82, 2.24) is 9.97 Å². The van der Waals surface area contributed by atoms with Crippen LogP contribution in [0.1, 0.15) is 0 Å². The van der Waals surface area contributed by atoms with Crippen molar-refractivity contribution in [2.75, 3.05) is 7.11 Å². The second-order valence-corrected chi connectivity index (χ2v) is 4.32. The van der Waals surface area contributed by atoms with Gasteiger partial charge in [0.25, 0.3) is 0 Å². The number of aromatic nitrogens is 2. The molecule has 9 heteroatoms. The second kappa shape index (κ2) is 5.78. The Labute approximate surface area is 120 Å². The van der Waals surface area contributed by atoms with Crippen LogP contribution >= 0.6 is 15.9 Å². The molecule has 0 atom stereocenters. The number of nitro groups is 1. The van der Waals surface area contributed by atoms with Gasteiger partial charge in [0, 0.05) is 6.07 Å². The van der Waals surface area contributed by atoms with Gasteiger partial charge in [-0.25, -0.2) is 4.39 Å². The van der Waals surface area contributed by atoms with Crippen molar-refractivity contribution < 1.29 is 18.8 Å². The van der Waals surface area contributed by atoms with Crippen LogP contribution in [-0.4, -0.2) is 22.0 Å². The van der Waals surface area contributed by atoms with Gasteiger partial charge in [-0.2, -0.15) is 9.97 Å². The summed E-state index contributed by atoms with van der Waals surface area (Å²) >= 11 is 3.15. The van der Waals surface area contributed by atoms with E-state index in [4.69, 9.17) is 9.47 Å². The van der Waals surface area contributed by atoms with E-state index < -0.39 is 16.4 Å². The van der Waals surface area contributed by atoms with E-state index in [-0.39, 0.29) is 17.5 Å². The van der Waals surface area contributed by atoms with Gasteiger partial charge < -0.3 is 9.47 Å². The van der Waals surface area contributed by atoms with E-state index in [9.17, 15) is 14.5 Å². The predicted molar refractivity (Wildman–Crippen MR) is 69.4 cm³/mol. The Morgan fingerprint density at radius 1 is 1.35 bits per heavy atom. The molecule has 0 amide bonds. The third kappa shape index (κ3) is 2.82. The summed E-state index contributed by atoms with van der Waals surface area (Å²) in [5.74, 6) is -1.08. The molecule has 20 heavy (non-hydrogen) atoms. The molecule has 0 N–H and O–H groups in total. The fraction of sp³-hybridized carbons (Fsp3) is 0.0909. The summed E-state index contributed by atoms with van der Waals surface area (Å²) in [6.07, 6.45) is 1.05. The minimum Gasteiger partial charge on any atom is -0.476 e. The summed E-state index contributed by atoms with van der Waals surface area (Å²) in [6, 6.07) is 3.70. The van der Waals surface area contributed by atoms with Crippen LogP contribution in [0.15, 0.2) is 29.0 Å². The predicted octanol–water partition coefficient (Wildman–Crippen LogP) is 3.09. The first-order valence-corrected chi connectivity index (χ1v) is 5.98. The summed E-state index contributed by atoms with van der Waals surface area (Å²) in [7, 11) is 1.23. The Morgan fingerprint density at radius 3 is 2.70 bits per heavy atom. The number of rotatable bonds is 4. The lowest BCUT2D eigenvalue weighted by molar-refractivity contribution is -0.387. The average Bonchev–Trinajstić information content (AvgIpc) is 2.42. The minimum atomic E-state index is -0.735. The van der Waals surface area contributed by atoms with Gasteiger partial charge in [-0.3, -0.25) is 10.1 Å². The van der Waals surface area contributed by atoms with Crippen molar-refractivity contribution >= 4 is 21.6 Å². The standard InChI is InChI=1S/C11H7BrFN3O4/c1-19-10-9(16(17)18)11(15-5-14-10)20-8-4-6(13)2-3-7(8)12/h2-5H,1H3. The van der Waals surface area contributed by atoms with Crippen molar-refractivity contribution in [2.24, 2.45) is 0 Å². The molecule has 104 valence electrons. The molecule has 0 fully saturated rings. The van der Waals surface area contributed by atoms with Gasteiger partial charge in [0.1, 0.15) is 17.9 Å². The maximum absolute atomic E-state index is 13.2. The van der Waals surface area contributed by atoms with E-state index >= 15 is 0 Å². The fourth-order valence-electron chi connectivity index (χ4n) is 1.39. The zero-order chi connectivity index (χ0) is 14.7. The van der Waals surface area contributed by atoms with Crippen LogP contribution in [0.4, 0.5) is 10.1 Å². The Hall–Kier alpha value is -2.29. The van der Waals surface area contributed by atoms with E-state index in [1.807, 2.05) is 0 Å². The number of ether oxygens (including phenoxy) is 2. The molecule has 2 aromatic rings. The highest BCUT2D eigenvalue weighted by Gasteiger charge is 2.26. The SMILES string of the molecule is COc1ncnc(Oc2cc(F)ccc2Br)c1[N+](=O)[O-]. The van der Waals surface area contributed by atoms with Crippen molar-refractivity contribution in [1.29, 1.82) is 0 Å². The monoisotopic (exact) mass is 343 g/mol. The summed E-state index contributed by atoms with van der Waals surface area (Å²) in [6.45, 7) is 0. The lowest BCUT2D eigenvalue weighted by atomic mass is 10.3. The van der Waals surface area contributed by atoms with Gasteiger partial charge in [-0.15, -0.1) is 0 Å². The highest BCUT2D eigenvalue weighted by molar-refractivity contribution is 9.10. The van der Waals surface area contributed by atoms with Crippen molar-refractivity contribution in [2.45, 2.75) is 0 Å². The van der Waals surface area contributed by atoms with Crippen LogP contribution in [0, 0.1) is 15.9 Å². The molecule has 0 radical (unpaired) electrons. The minimum absolute atomic E-state index is 0.0499. The third-order valence-electron chi connectivity index (χ3n) is 2.23. The maximum atomic E-state index is 13.2. The molecule has 0 aliphatic rings. The number of hydrogen-bond acceptors (Lipinski definition) is 6. The van der Waals surface area contributed by atoms with Crippen LogP contribution in [0.2, 0.25) is 0 Å². The summed E-state index contributed by atoms with van der Waals surface area (Å²) in [4.78, 5) is 17.6. The number of benzene rings is 1. The first kappa shape index (κ1) is 14.1. The largest absolute Gasteiger partial charge is 0.476 e. The van der Waals surface area contributed by atoms with E-state index in [2.05, 4.69) is 25.9 Å². The van der Waals surface area contributed by atoms with Gasteiger partial charge in [0.05, 0.1) is 16.5 Å². The third-order valence-corrected chi connectivity index (χ3v) is 2.89. The number of methoxy groups -OCH3 is 1. The Kier molecular flexibility index (Phi) is 4.08. The highest BCUT2D eigenvalue weighted by Crippen LogP contribution is 2.37. The van der Waals surface area contributed by atoms with Crippen molar-refractivity contribution in [3.8, 4) is 17.5 Å². The van der Waals surface area contributed by atoms with Gasteiger partial charge in [-0.1, -0.05) is 0 Å². The van der Waals surface area contributed by atoms with Crippen LogP contribution < -0.4 is 9.47 Å². The van der Waals surface area contributed by atoms with Crippen molar-refractivity contribution in [3.05, 3.63) is 44.9 Å². The van der Waals surface area contributed by atoms with Crippen LogP contribution in [0.5, 0.6) is 17.5 Å². The van der Waals surface area contributed by atoms with Gasteiger partial charge in [0.15, 0.2) is 0 Å². The normalized spacial score (nSPS) is 10.2. The van der Waals surface area contributed by atoms with E-state index in [1.54, 1.807) is 0 Å². The zero-order valence-corrected chi connectivity index (χ0v) is 11.6. The number of hydrogen-bond donors (Lipinski definition) is 0. The Bertz CT molecular complexity index is 668. The lowest BCUT2D eigenvalue weighted by Gasteiger charge is -2.08. The Morgan fingerprint density at radius 2 is 2.05 bits per heavy atom. The zero-order valence-electron chi connectivity index (χ0n) is 10.0. The van der Waals surface area contributed by atoms with Gasteiger partial charge >= 0.3 is 17.4 Å². The molecule has 2 rings (SSSR count). The topological polar surface area (TPSA) is 87.4 Å². The molecule has 0 unspecified atom stereocenters. The van der Waals surface area contributed by atoms with E-state index in [1.165, 1.54) is 19.2 Å². The molecule has 0 aliphatic heterocycles. The average molecular weight is 344 g/mol. The molecular weight excluding hydrogens is 337 g/mol. The molecule has 0 saturated heterocycles. The summed E-state index contributed by atoms with van der Waals surface area (Å²) in [5, 5.41) is 11.0. The van der Waals surface area contributed by atoms with Crippen molar-refractivity contribution in [3.63, 3.8) is 0 Å². The van der Waals surface area contributed by atoms with E-state index in [0.29, 0.717) is 4.47 Å². The molecule has 0 bridgehead atoms. The van der Waals surface area contributed by atoms with Crippen LogP contribution in [-0.2, 0) is 0 Å². The molecule has 0 spiro atoms. The molecule has 0 aliphatic carbocycles. The van der Waals surface area contributed by atoms with Gasteiger partial charge in [-0.05, 0) is 28.1 Å². The maximum Gasteiger partial charge on any atom is 0.392 e. The molecule has 1 heterocycles. The summed E-state index contributed by atoms with van der Waals surface area (Å²) in [5.41, 5.74) is -0.536. The molecule has 1 aromatic carbocycles. The first-order chi connectivity index (χ1) is 9.52. The highest BCUT2D eigenvalue weighted by atomic mass is 79.9. The molecular formula is C11H7BrFN3O4. The smallest absolute Gasteiger partial charge is 0.392 e. The quantitative estimate of drug-likeness (QED) is 0.626. The van der Waals surface area contributed by atoms with Gasteiger partial charge in [0.2, 0.25) is 0 Å².